The van der Waals surface area contributed by atoms with Crippen LogP contribution >= 0.6 is 11.6 Å². The normalized spacial score (nSPS) is 21.0. The molecule has 31 heavy (non-hydrogen) atoms. The monoisotopic (exact) mass is 462 g/mol. The number of pyridine rings is 1. The van der Waals surface area contributed by atoms with E-state index in [1.807, 2.05) is 30.1 Å². The van der Waals surface area contributed by atoms with Crippen molar-refractivity contribution in [3.05, 3.63) is 40.9 Å². The van der Waals surface area contributed by atoms with Gasteiger partial charge in [-0.15, -0.1) is 0 Å². The molecule has 0 unspecified atom stereocenters. The zero-order valence-corrected chi connectivity index (χ0v) is 19.6. The summed E-state index contributed by atoms with van der Waals surface area (Å²) in [4.78, 5) is 6.89. The lowest BCUT2D eigenvalue weighted by atomic mass is 9.90. The quantitative estimate of drug-likeness (QED) is 0.559. The largest absolute Gasteiger partial charge is 0.360 e. The lowest BCUT2D eigenvalue weighted by Crippen LogP contribution is -2.42. The summed E-state index contributed by atoms with van der Waals surface area (Å²) in [5, 5.41) is 6.26. The van der Waals surface area contributed by atoms with Crippen molar-refractivity contribution in [1.82, 2.24) is 23.6 Å². The Morgan fingerprint density at radius 1 is 1.23 bits per heavy atom. The molecule has 2 aliphatic heterocycles. The van der Waals surface area contributed by atoms with Gasteiger partial charge in [0.25, 0.3) is 0 Å². The van der Waals surface area contributed by atoms with Gasteiger partial charge in [0.05, 0.1) is 36.9 Å². The highest BCUT2D eigenvalue weighted by atomic mass is 35.5. The molecule has 1 atom stereocenters. The van der Waals surface area contributed by atoms with Crippen LogP contribution in [-0.2, 0) is 30.2 Å². The number of fused-ring (bicyclic) bond motifs is 2. The number of rotatable bonds is 3. The standard InChI is InChI=1S/C21H27ClN6O2S/c1-14-12-28-19(17(11-23-28)15-4-8-26(9-5-15)31(3,29)30)13-27(14)18-10-20(22)24-21-16(18)6-7-25(21)2/h6-7,10-11,14-15H,4-5,8-9,12-13H2,1-3H3/t14-/m1/s1. The number of hydrogen-bond acceptors (Lipinski definition) is 5. The number of hydrogen-bond donors (Lipinski definition) is 0. The third-order valence-electron chi connectivity index (χ3n) is 6.73. The van der Waals surface area contributed by atoms with E-state index in [2.05, 4.69) is 32.7 Å². The van der Waals surface area contributed by atoms with Crippen molar-refractivity contribution in [3.63, 3.8) is 0 Å². The number of aryl methyl sites for hydroxylation is 1. The maximum Gasteiger partial charge on any atom is 0.211 e. The Balaban J connectivity index is 1.46. The molecule has 10 heteroatoms. The molecule has 1 saturated heterocycles. The Kier molecular flexibility index (Phi) is 5.02. The summed E-state index contributed by atoms with van der Waals surface area (Å²) in [5.41, 5.74) is 4.43. The predicted molar refractivity (Wildman–Crippen MR) is 122 cm³/mol. The smallest absolute Gasteiger partial charge is 0.211 e. The van der Waals surface area contributed by atoms with Crippen LogP contribution in [0.25, 0.3) is 11.0 Å². The van der Waals surface area contributed by atoms with Crippen LogP contribution in [0, 0.1) is 0 Å². The fraction of sp³-hybridized carbons (Fsp3) is 0.524. The molecule has 5 heterocycles. The minimum atomic E-state index is -3.13. The predicted octanol–water partition coefficient (Wildman–Crippen LogP) is 2.97. The van der Waals surface area contributed by atoms with E-state index in [4.69, 9.17) is 11.6 Å². The molecule has 0 bridgehead atoms. The Bertz CT molecular complexity index is 1240. The first-order valence-corrected chi connectivity index (χ1v) is 12.8. The minimum Gasteiger partial charge on any atom is -0.360 e. The van der Waals surface area contributed by atoms with E-state index in [9.17, 15) is 8.42 Å². The van der Waals surface area contributed by atoms with Crippen LogP contribution < -0.4 is 4.90 Å². The fourth-order valence-electron chi connectivity index (χ4n) is 5.01. The van der Waals surface area contributed by atoms with Crippen molar-refractivity contribution < 1.29 is 8.42 Å². The lowest BCUT2D eigenvalue weighted by molar-refractivity contribution is 0.319. The van der Waals surface area contributed by atoms with Crippen molar-refractivity contribution in [3.8, 4) is 0 Å². The number of nitrogens with zero attached hydrogens (tertiary/aromatic N) is 6. The second-order valence-electron chi connectivity index (χ2n) is 8.77. The highest BCUT2D eigenvalue weighted by Crippen LogP contribution is 2.37. The molecule has 0 N–H and O–H groups in total. The van der Waals surface area contributed by atoms with Gasteiger partial charge >= 0.3 is 0 Å². The first-order chi connectivity index (χ1) is 14.7. The summed E-state index contributed by atoms with van der Waals surface area (Å²) in [7, 11) is -1.15. The molecule has 5 rings (SSSR count). The maximum atomic E-state index is 11.9. The molecule has 0 aliphatic carbocycles. The van der Waals surface area contributed by atoms with E-state index >= 15 is 0 Å². The Morgan fingerprint density at radius 3 is 2.68 bits per heavy atom. The van der Waals surface area contributed by atoms with Crippen LogP contribution in [0.1, 0.15) is 36.9 Å². The molecule has 0 saturated carbocycles. The number of piperidine rings is 1. The lowest BCUT2D eigenvalue weighted by Gasteiger charge is -2.37. The van der Waals surface area contributed by atoms with Gasteiger partial charge in [0.2, 0.25) is 10.0 Å². The third kappa shape index (κ3) is 3.62. The molecule has 0 spiro atoms. The second-order valence-corrected chi connectivity index (χ2v) is 11.1. The minimum absolute atomic E-state index is 0.259. The summed E-state index contributed by atoms with van der Waals surface area (Å²) in [6.45, 7) is 4.88. The average Bonchev–Trinajstić information content (AvgIpc) is 3.30. The van der Waals surface area contributed by atoms with Crippen molar-refractivity contribution in [2.75, 3.05) is 24.2 Å². The summed E-state index contributed by atoms with van der Waals surface area (Å²) in [6, 6.07) is 4.31. The van der Waals surface area contributed by atoms with Gasteiger partial charge in [-0.2, -0.15) is 5.10 Å². The van der Waals surface area contributed by atoms with Crippen LogP contribution in [0.2, 0.25) is 5.15 Å². The summed E-state index contributed by atoms with van der Waals surface area (Å²) >= 11 is 6.38. The van der Waals surface area contributed by atoms with Crippen LogP contribution in [0.5, 0.6) is 0 Å². The SMILES string of the molecule is C[C@@H]1Cn2ncc(C3CCN(S(C)(=O)=O)CC3)c2CN1c1cc(Cl)nc2c1ccn2C. The molecule has 0 amide bonds. The highest BCUT2D eigenvalue weighted by Gasteiger charge is 2.32. The third-order valence-corrected chi connectivity index (χ3v) is 8.22. The molecule has 0 radical (unpaired) electrons. The number of aromatic nitrogens is 4. The van der Waals surface area contributed by atoms with Gasteiger partial charge in [0, 0.05) is 37.8 Å². The van der Waals surface area contributed by atoms with Gasteiger partial charge in [-0.3, -0.25) is 4.68 Å². The fourth-order valence-corrected chi connectivity index (χ4v) is 6.06. The zero-order chi connectivity index (χ0) is 21.9. The highest BCUT2D eigenvalue weighted by molar-refractivity contribution is 7.88. The van der Waals surface area contributed by atoms with E-state index in [1.165, 1.54) is 17.5 Å². The van der Waals surface area contributed by atoms with Crippen LogP contribution in [-0.4, -0.2) is 57.4 Å². The van der Waals surface area contributed by atoms with Gasteiger partial charge in [0.15, 0.2) is 0 Å². The van der Waals surface area contributed by atoms with Crippen LogP contribution in [0.3, 0.4) is 0 Å². The van der Waals surface area contributed by atoms with E-state index in [-0.39, 0.29) is 6.04 Å². The van der Waals surface area contributed by atoms with Crippen molar-refractivity contribution in [1.29, 1.82) is 0 Å². The van der Waals surface area contributed by atoms with Gasteiger partial charge in [0.1, 0.15) is 10.8 Å². The van der Waals surface area contributed by atoms with E-state index in [0.717, 1.165) is 42.7 Å². The average molecular weight is 463 g/mol. The Morgan fingerprint density at radius 2 is 1.97 bits per heavy atom. The maximum absolute atomic E-state index is 11.9. The number of anilines is 1. The van der Waals surface area contributed by atoms with E-state index in [0.29, 0.717) is 24.2 Å². The number of halogens is 1. The first kappa shape index (κ1) is 20.8. The molecular formula is C21H27ClN6O2S. The molecule has 3 aromatic rings. The van der Waals surface area contributed by atoms with Gasteiger partial charge in [-0.25, -0.2) is 17.7 Å². The first-order valence-electron chi connectivity index (χ1n) is 10.6. The molecule has 0 aromatic carbocycles. The molecule has 8 nitrogen and oxygen atoms in total. The summed E-state index contributed by atoms with van der Waals surface area (Å²) in [5.74, 6) is 0.328. The molecule has 1 fully saturated rings. The van der Waals surface area contributed by atoms with Gasteiger partial charge in [-0.05, 0) is 43.4 Å². The second kappa shape index (κ2) is 7.50. The molecular weight excluding hydrogens is 436 g/mol. The zero-order valence-electron chi connectivity index (χ0n) is 18.0. The molecule has 3 aromatic heterocycles. The van der Waals surface area contributed by atoms with Crippen LogP contribution in [0.15, 0.2) is 24.5 Å². The van der Waals surface area contributed by atoms with Crippen LogP contribution in [0.4, 0.5) is 5.69 Å². The van der Waals surface area contributed by atoms with Crippen molar-refractivity contribution >= 4 is 38.3 Å². The number of sulfonamides is 1. The summed E-state index contributed by atoms with van der Waals surface area (Å²) in [6.07, 6.45) is 6.94. The van der Waals surface area contributed by atoms with E-state index in [1.54, 1.807) is 4.31 Å². The van der Waals surface area contributed by atoms with Crippen molar-refractivity contribution in [2.45, 2.75) is 44.8 Å². The van der Waals surface area contributed by atoms with Gasteiger partial charge in [-0.1, -0.05) is 11.6 Å². The molecule has 2 aliphatic rings. The Hall–Kier alpha value is -2.10. The Labute approximate surface area is 187 Å². The topological polar surface area (TPSA) is 76.3 Å². The molecule has 166 valence electrons. The van der Waals surface area contributed by atoms with Gasteiger partial charge < -0.3 is 9.47 Å². The van der Waals surface area contributed by atoms with Crippen molar-refractivity contribution in [2.24, 2.45) is 7.05 Å². The van der Waals surface area contributed by atoms with E-state index < -0.39 is 10.0 Å². The summed E-state index contributed by atoms with van der Waals surface area (Å²) < 4.78 is 29.4.